The number of hydrogen-bond acceptors (Lipinski definition) is 5. The topological polar surface area (TPSA) is 97.0 Å². The van der Waals surface area contributed by atoms with Crippen LogP contribution in [-0.2, 0) is 9.59 Å². The highest BCUT2D eigenvalue weighted by molar-refractivity contribution is 6.32. The fourth-order valence-corrected chi connectivity index (χ4v) is 3.54. The molecule has 9 heteroatoms. The van der Waals surface area contributed by atoms with Gasteiger partial charge in [-0.15, -0.1) is 0 Å². The molecule has 1 heterocycles. The van der Waals surface area contributed by atoms with E-state index in [9.17, 15) is 14.4 Å². The zero-order chi connectivity index (χ0) is 24.1. The third kappa shape index (κ3) is 5.02. The van der Waals surface area contributed by atoms with Crippen molar-refractivity contribution in [2.75, 3.05) is 23.9 Å². The summed E-state index contributed by atoms with van der Waals surface area (Å²) in [7, 11) is 1.46. The predicted octanol–water partition coefficient (Wildman–Crippen LogP) is 4.46. The summed E-state index contributed by atoms with van der Waals surface area (Å²) in [6.45, 7) is -0.291. The van der Waals surface area contributed by atoms with Crippen LogP contribution in [-0.4, -0.2) is 31.6 Å². The monoisotopic (exact) mass is 477 g/mol. The number of carbonyl (C=O) groups excluding carboxylic acids is 3. The van der Waals surface area contributed by atoms with E-state index in [2.05, 4.69) is 10.6 Å². The van der Waals surface area contributed by atoms with Gasteiger partial charge in [-0.2, -0.15) is 0 Å². The summed E-state index contributed by atoms with van der Waals surface area (Å²) in [5.74, 6) is -0.301. The average Bonchev–Trinajstić information content (AvgIpc) is 3.11. The lowest BCUT2D eigenvalue weighted by molar-refractivity contribution is -0.118. The molecule has 34 heavy (non-hydrogen) atoms. The van der Waals surface area contributed by atoms with Crippen LogP contribution in [0.2, 0.25) is 5.02 Å². The summed E-state index contributed by atoms with van der Waals surface area (Å²) in [4.78, 5) is 38.8. The third-order valence-electron chi connectivity index (χ3n) is 4.88. The summed E-state index contributed by atoms with van der Waals surface area (Å²) < 4.78 is 11.1. The van der Waals surface area contributed by atoms with Gasteiger partial charge in [-0.3, -0.25) is 9.59 Å². The average molecular weight is 478 g/mol. The number of amides is 4. The van der Waals surface area contributed by atoms with E-state index < -0.39 is 11.9 Å². The zero-order valence-corrected chi connectivity index (χ0v) is 18.8. The Kier molecular flexibility index (Phi) is 6.79. The maximum absolute atomic E-state index is 13.0. The Balaban J connectivity index is 1.57. The van der Waals surface area contributed by atoms with E-state index >= 15 is 0 Å². The maximum Gasteiger partial charge on any atom is 0.333 e. The minimum atomic E-state index is -0.605. The number of urea groups is 1. The van der Waals surface area contributed by atoms with E-state index in [4.69, 9.17) is 21.1 Å². The van der Waals surface area contributed by atoms with Crippen LogP contribution in [0.3, 0.4) is 0 Å². The summed E-state index contributed by atoms with van der Waals surface area (Å²) in [6.07, 6.45) is 1.47. The zero-order valence-electron chi connectivity index (χ0n) is 18.1. The van der Waals surface area contributed by atoms with E-state index in [-0.39, 0.29) is 24.0 Å². The van der Waals surface area contributed by atoms with Crippen LogP contribution in [0.1, 0.15) is 5.56 Å². The van der Waals surface area contributed by atoms with Crippen LogP contribution in [0.25, 0.3) is 6.08 Å². The van der Waals surface area contributed by atoms with Crippen molar-refractivity contribution in [1.29, 1.82) is 0 Å². The van der Waals surface area contributed by atoms with Crippen LogP contribution in [0.5, 0.6) is 11.5 Å². The second-order valence-corrected chi connectivity index (χ2v) is 7.63. The summed E-state index contributed by atoms with van der Waals surface area (Å²) in [5.41, 5.74) is 1.47. The minimum Gasteiger partial charge on any atom is -0.493 e. The van der Waals surface area contributed by atoms with Crippen molar-refractivity contribution in [3.63, 3.8) is 0 Å². The first kappa shape index (κ1) is 22.9. The summed E-state index contributed by atoms with van der Waals surface area (Å²) in [6, 6.07) is 19.9. The quantitative estimate of drug-likeness (QED) is 0.387. The first-order valence-corrected chi connectivity index (χ1v) is 10.6. The molecule has 0 radical (unpaired) electrons. The smallest absolute Gasteiger partial charge is 0.333 e. The highest BCUT2D eigenvalue weighted by atomic mass is 35.5. The number of imide groups is 1. The number of benzene rings is 3. The molecule has 172 valence electrons. The van der Waals surface area contributed by atoms with Gasteiger partial charge in [0.2, 0.25) is 0 Å². The molecule has 3 aromatic carbocycles. The number of methoxy groups -OCH3 is 1. The molecule has 0 saturated carbocycles. The van der Waals surface area contributed by atoms with Crippen molar-refractivity contribution >= 4 is 46.9 Å². The molecule has 3 aromatic rings. The van der Waals surface area contributed by atoms with Crippen LogP contribution >= 0.6 is 11.6 Å². The van der Waals surface area contributed by atoms with Gasteiger partial charge in [-0.05, 0) is 42.5 Å². The van der Waals surface area contributed by atoms with Gasteiger partial charge in [-0.1, -0.05) is 48.0 Å². The molecule has 0 aromatic heterocycles. The molecule has 1 aliphatic heterocycles. The van der Waals surface area contributed by atoms with Crippen molar-refractivity contribution in [3.05, 3.63) is 89.1 Å². The Morgan fingerprint density at radius 2 is 1.82 bits per heavy atom. The van der Waals surface area contributed by atoms with Gasteiger partial charge in [0.15, 0.2) is 18.1 Å². The molecule has 0 unspecified atom stereocenters. The van der Waals surface area contributed by atoms with Crippen LogP contribution in [0, 0.1) is 0 Å². The molecule has 0 spiro atoms. The van der Waals surface area contributed by atoms with Crippen molar-refractivity contribution < 1.29 is 23.9 Å². The predicted molar refractivity (Wildman–Crippen MR) is 129 cm³/mol. The fraction of sp³-hybridized carbons (Fsp3) is 0.0800. The normalized spacial score (nSPS) is 14.2. The lowest BCUT2D eigenvalue weighted by atomic mass is 10.1. The van der Waals surface area contributed by atoms with Crippen molar-refractivity contribution in [1.82, 2.24) is 5.32 Å². The van der Waals surface area contributed by atoms with Gasteiger partial charge >= 0.3 is 6.03 Å². The summed E-state index contributed by atoms with van der Waals surface area (Å²) in [5, 5.41) is 5.69. The van der Waals surface area contributed by atoms with E-state index in [1.807, 2.05) is 6.07 Å². The third-order valence-corrected chi connectivity index (χ3v) is 5.11. The number of nitrogens with one attached hydrogen (secondary N) is 2. The molecule has 1 saturated heterocycles. The van der Waals surface area contributed by atoms with E-state index in [0.717, 1.165) is 4.90 Å². The molecule has 2 N–H and O–H groups in total. The van der Waals surface area contributed by atoms with Gasteiger partial charge in [-0.25, -0.2) is 9.69 Å². The minimum absolute atomic E-state index is 0.0387. The molecule has 0 aliphatic carbocycles. The Morgan fingerprint density at radius 3 is 2.56 bits per heavy atom. The largest absolute Gasteiger partial charge is 0.493 e. The molecule has 4 amide bonds. The van der Waals surface area contributed by atoms with Gasteiger partial charge < -0.3 is 20.1 Å². The standard InChI is InChI=1S/C25H20ClN3O5/c1-33-21-12-5-7-16(23(21)34-15-22(30)27-18-9-3-2-4-10-18)13-20-24(31)29(25(32)28-20)19-11-6-8-17(26)14-19/h2-14H,15H2,1H3,(H,27,30)(H,28,32)/b20-13+. The van der Waals surface area contributed by atoms with E-state index in [1.165, 1.54) is 19.3 Å². The Labute approximate surface area is 200 Å². The highest BCUT2D eigenvalue weighted by Crippen LogP contribution is 2.33. The maximum atomic E-state index is 13.0. The first-order valence-electron chi connectivity index (χ1n) is 10.2. The molecular formula is C25H20ClN3O5. The van der Waals surface area contributed by atoms with Gasteiger partial charge in [0.05, 0.1) is 12.8 Å². The highest BCUT2D eigenvalue weighted by Gasteiger charge is 2.35. The van der Waals surface area contributed by atoms with Crippen molar-refractivity contribution in [2.24, 2.45) is 0 Å². The molecular weight excluding hydrogens is 458 g/mol. The van der Waals surface area contributed by atoms with E-state index in [0.29, 0.717) is 27.7 Å². The lowest BCUT2D eigenvalue weighted by Crippen LogP contribution is -2.30. The Hall–Kier alpha value is -4.30. The molecule has 4 rings (SSSR count). The summed E-state index contributed by atoms with van der Waals surface area (Å²) >= 11 is 6.00. The van der Waals surface area contributed by atoms with Crippen molar-refractivity contribution in [2.45, 2.75) is 0 Å². The Morgan fingerprint density at radius 1 is 1.06 bits per heavy atom. The van der Waals surface area contributed by atoms with Crippen LogP contribution in [0.15, 0.2) is 78.5 Å². The number of nitrogens with zero attached hydrogens (tertiary/aromatic N) is 1. The molecule has 1 fully saturated rings. The molecule has 0 bridgehead atoms. The van der Waals surface area contributed by atoms with Crippen molar-refractivity contribution in [3.8, 4) is 11.5 Å². The SMILES string of the molecule is COc1cccc(/C=C2/NC(=O)N(c3cccc(Cl)c3)C2=O)c1OCC(=O)Nc1ccccc1. The van der Waals surface area contributed by atoms with E-state index in [1.54, 1.807) is 60.7 Å². The number of rotatable bonds is 7. The first-order chi connectivity index (χ1) is 16.5. The molecule has 8 nitrogen and oxygen atoms in total. The number of halogens is 1. The number of anilines is 2. The second kappa shape index (κ2) is 10.1. The van der Waals surface area contributed by atoms with Gasteiger partial charge in [0.1, 0.15) is 5.70 Å². The van der Waals surface area contributed by atoms with Crippen LogP contribution < -0.4 is 25.0 Å². The molecule has 0 atom stereocenters. The Bertz CT molecular complexity index is 1280. The number of hydrogen-bond donors (Lipinski definition) is 2. The second-order valence-electron chi connectivity index (χ2n) is 7.19. The van der Waals surface area contributed by atoms with Crippen LogP contribution in [0.4, 0.5) is 16.2 Å². The molecule has 1 aliphatic rings. The van der Waals surface area contributed by atoms with Gasteiger partial charge in [0, 0.05) is 16.3 Å². The number of carbonyl (C=O) groups is 3. The van der Waals surface area contributed by atoms with Gasteiger partial charge in [0.25, 0.3) is 11.8 Å². The number of ether oxygens (including phenoxy) is 2. The lowest BCUT2D eigenvalue weighted by Gasteiger charge is -2.14. The fourth-order valence-electron chi connectivity index (χ4n) is 3.36. The number of para-hydroxylation sites is 2.